The number of amides is 1. The first-order chi connectivity index (χ1) is 4.74. The molecule has 1 unspecified atom stereocenters. The smallest absolute Gasteiger partial charge is 0.295 e. The zero-order valence-electron chi connectivity index (χ0n) is 6.05. The lowest BCUT2D eigenvalue weighted by Crippen LogP contribution is -2.38. The number of nitrogens with two attached hydrogens (primary N) is 1. The van der Waals surface area contributed by atoms with Crippen LogP contribution in [0, 0.1) is 12.3 Å². The van der Waals surface area contributed by atoms with E-state index >= 15 is 0 Å². The quantitative estimate of drug-likeness (QED) is 0.518. The van der Waals surface area contributed by atoms with Gasteiger partial charge in [0.05, 0.1) is 0 Å². The first kappa shape index (κ1) is 8.99. The van der Waals surface area contributed by atoms with E-state index in [4.69, 9.17) is 12.2 Å². The molecule has 0 aliphatic heterocycles. The second-order valence-corrected chi connectivity index (χ2v) is 1.96. The molecule has 1 atom stereocenters. The van der Waals surface area contributed by atoms with E-state index in [2.05, 4.69) is 5.32 Å². The Hall–Kier alpha value is -1.01. The van der Waals surface area contributed by atoms with Crippen molar-refractivity contribution in [2.45, 2.75) is 19.4 Å². The minimum atomic E-state index is -0.391. The highest BCUT2D eigenvalue weighted by molar-refractivity contribution is 5.92. The molecule has 0 aliphatic carbocycles. The molecule has 56 valence electrons. The van der Waals surface area contributed by atoms with Crippen LogP contribution in [-0.2, 0) is 4.79 Å². The molecule has 0 radical (unpaired) electrons. The molecule has 0 bridgehead atoms. The van der Waals surface area contributed by atoms with Gasteiger partial charge in [-0.3, -0.25) is 4.79 Å². The summed E-state index contributed by atoms with van der Waals surface area (Å²) in [5.74, 6) is 1.57. The zero-order chi connectivity index (χ0) is 7.98. The third-order valence-electron chi connectivity index (χ3n) is 1.24. The summed E-state index contributed by atoms with van der Waals surface area (Å²) in [6.45, 7) is 2.37. The lowest BCUT2D eigenvalue weighted by atomic mass is 10.2. The molecule has 0 aromatic carbocycles. The number of terminal acetylenes is 1. The van der Waals surface area contributed by atoms with Gasteiger partial charge in [0.2, 0.25) is 0 Å². The Morgan fingerprint density at radius 1 is 1.90 bits per heavy atom. The van der Waals surface area contributed by atoms with Crippen LogP contribution in [0.25, 0.3) is 0 Å². The Bertz CT molecular complexity index is 144. The van der Waals surface area contributed by atoms with Crippen LogP contribution in [0.1, 0.15) is 13.3 Å². The van der Waals surface area contributed by atoms with Gasteiger partial charge >= 0.3 is 0 Å². The van der Waals surface area contributed by atoms with E-state index in [0.717, 1.165) is 6.42 Å². The largest absolute Gasteiger partial charge is 0.341 e. The van der Waals surface area contributed by atoms with Gasteiger partial charge in [0.1, 0.15) is 0 Å². The lowest BCUT2D eigenvalue weighted by Gasteiger charge is -2.11. The number of rotatable bonds is 3. The molecule has 3 heteroatoms. The molecule has 0 saturated heterocycles. The summed E-state index contributed by atoms with van der Waals surface area (Å²) in [6.07, 6.45) is 5.64. The van der Waals surface area contributed by atoms with Gasteiger partial charge in [0.15, 0.2) is 0 Å². The molecular formula is C7H12N2O. The second-order valence-electron chi connectivity index (χ2n) is 1.96. The van der Waals surface area contributed by atoms with E-state index in [0.29, 0.717) is 6.54 Å². The predicted octanol–water partition coefficient (Wildman–Crippen LogP) is -0.527. The average Bonchev–Trinajstić information content (AvgIpc) is 1.99. The highest BCUT2D eigenvalue weighted by Gasteiger charge is 2.04. The summed E-state index contributed by atoms with van der Waals surface area (Å²) in [5.41, 5.74) is 5.30. The highest BCUT2D eigenvalue weighted by atomic mass is 16.1. The molecule has 0 aromatic heterocycles. The molecule has 0 heterocycles. The Balaban J connectivity index is 3.65. The predicted molar refractivity (Wildman–Crippen MR) is 40.1 cm³/mol. The summed E-state index contributed by atoms with van der Waals surface area (Å²) < 4.78 is 0. The number of nitrogens with one attached hydrogen (secondary N) is 1. The standard InChI is InChI=1S/C7H12N2O/c1-3-6(5-8)9-7(10)4-2/h2,6H,3,5,8H2,1H3,(H,9,10). The molecule has 3 nitrogen and oxygen atoms in total. The minimum absolute atomic E-state index is 0.0172. The van der Waals surface area contributed by atoms with Crippen LogP contribution >= 0.6 is 0 Å². The maximum Gasteiger partial charge on any atom is 0.295 e. The van der Waals surface area contributed by atoms with Gasteiger partial charge in [-0.2, -0.15) is 0 Å². The first-order valence-corrected chi connectivity index (χ1v) is 3.21. The van der Waals surface area contributed by atoms with Gasteiger partial charge in [-0.15, -0.1) is 6.42 Å². The molecule has 0 fully saturated rings. The Labute approximate surface area is 61.0 Å². The van der Waals surface area contributed by atoms with Crippen LogP contribution < -0.4 is 11.1 Å². The second kappa shape index (κ2) is 4.83. The summed E-state index contributed by atoms with van der Waals surface area (Å²) in [4.78, 5) is 10.5. The Kier molecular flexibility index (Phi) is 4.34. The van der Waals surface area contributed by atoms with Crippen molar-refractivity contribution >= 4 is 5.91 Å². The molecule has 10 heavy (non-hydrogen) atoms. The van der Waals surface area contributed by atoms with Gasteiger partial charge in [-0.05, 0) is 12.3 Å². The van der Waals surface area contributed by atoms with Gasteiger partial charge < -0.3 is 11.1 Å². The van der Waals surface area contributed by atoms with Crippen molar-refractivity contribution in [2.24, 2.45) is 5.73 Å². The fourth-order valence-corrected chi connectivity index (χ4v) is 0.555. The lowest BCUT2D eigenvalue weighted by molar-refractivity contribution is -0.116. The van der Waals surface area contributed by atoms with Crippen LogP contribution in [0.4, 0.5) is 0 Å². The van der Waals surface area contributed by atoms with Crippen LogP contribution in [0.15, 0.2) is 0 Å². The average molecular weight is 140 g/mol. The maximum atomic E-state index is 10.5. The fraction of sp³-hybridized carbons (Fsp3) is 0.571. The van der Waals surface area contributed by atoms with E-state index < -0.39 is 5.91 Å². The number of carbonyl (C=O) groups excluding carboxylic acids is 1. The highest BCUT2D eigenvalue weighted by Crippen LogP contribution is 1.85. The van der Waals surface area contributed by atoms with Crippen LogP contribution in [0.2, 0.25) is 0 Å². The van der Waals surface area contributed by atoms with E-state index in [-0.39, 0.29) is 6.04 Å². The van der Waals surface area contributed by atoms with E-state index in [1.807, 2.05) is 12.8 Å². The van der Waals surface area contributed by atoms with Gasteiger partial charge in [0.25, 0.3) is 5.91 Å². The molecule has 1 amide bonds. The minimum Gasteiger partial charge on any atom is -0.341 e. The van der Waals surface area contributed by atoms with E-state index in [1.165, 1.54) is 0 Å². The van der Waals surface area contributed by atoms with Crippen LogP contribution in [-0.4, -0.2) is 18.5 Å². The third kappa shape index (κ3) is 3.10. The molecule has 0 spiro atoms. The SMILES string of the molecule is C#CC(=O)NC(CC)CN. The molecule has 0 aromatic rings. The van der Waals surface area contributed by atoms with Crippen LogP contribution in [0.3, 0.4) is 0 Å². The molecular weight excluding hydrogens is 128 g/mol. The maximum absolute atomic E-state index is 10.5. The summed E-state index contributed by atoms with van der Waals surface area (Å²) in [7, 11) is 0. The topological polar surface area (TPSA) is 55.1 Å². The zero-order valence-corrected chi connectivity index (χ0v) is 6.05. The number of carbonyl (C=O) groups is 1. The van der Waals surface area contributed by atoms with Crippen molar-refractivity contribution in [2.75, 3.05) is 6.54 Å². The molecule has 0 rings (SSSR count). The van der Waals surface area contributed by atoms with E-state index in [9.17, 15) is 4.79 Å². The number of hydrogen-bond donors (Lipinski definition) is 2. The molecule has 0 saturated carbocycles. The summed E-state index contributed by atoms with van der Waals surface area (Å²) in [5, 5.41) is 2.57. The summed E-state index contributed by atoms with van der Waals surface area (Å²) in [6, 6.07) is 0.0172. The summed E-state index contributed by atoms with van der Waals surface area (Å²) >= 11 is 0. The Morgan fingerprint density at radius 2 is 2.50 bits per heavy atom. The van der Waals surface area contributed by atoms with Gasteiger partial charge in [-0.25, -0.2) is 0 Å². The third-order valence-corrected chi connectivity index (χ3v) is 1.24. The van der Waals surface area contributed by atoms with Crippen molar-refractivity contribution in [3.8, 4) is 12.3 Å². The Morgan fingerprint density at radius 3 is 2.80 bits per heavy atom. The van der Waals surface area contributed by atoms with Crippen molar-refractivity contribution in [3.05, 3.63) is 0 Å². The van der Waals surface area contributed by atoms with Crippen molar-refractivity contribution < 1.29 is 4.79 Å². The fourth-order valence-electron chi connectivity index (χ4n) is 0.555. The van der Waals surface area contributed by atoms with Crippen molar-refractivity contribution in [1.29, 1.82) is 0 Å². The molecule has 3 N–H and O–H groups in total. The number of hydrogen-bond acceptors (Lipinski definition) is 2. The normalized spacial score (nSPS) is 11.7. The van der Waals surface area contributed by atoms with Gasteiger partial charge in [0, 0.05) is 12.6 Å². The van der Waals surface area contributed by atoms with Gasteiger partial charge in [-0.1, -0.05) is 6.92 Å². The van der Waals surface area contributed by atoms with Crippen molar-refractivity contribution in [1.82, 2.24) is 5.32 Å². The molecule has 0 aliphatic rings. The van der Waals surface area contributed by atoms with Crippen molar-refractivity contribution in [3.63, 3.8) is 0 Å². The monoisotopic (exact) mass is 140 g/mol. The first-order valence-electron chi connectivity index (χ1n) is 3.21. The van der Waals surface area contributed by atoms with E-state index in [1.54, 1.807) is 0 Å². The van der Waals surface area contributed by atoms with Crippen LogP contribution in [0.5, 0.6) is 0 Å².